The molecule has 26 heavy (non-hydrogen) atoms. The number of hydrogen-bond donors (Lipinski definition) is 2. The van der Waals surface area contributed by atoms with Crippen molar-refractivity contribution < 1.29 is 24.5 Å². The maximum Gasteiger partial charge on any atom is 0.226 e. The number of ether oxygens (including phenoxy) is 1. The van der Waals surface area contributed by atoms with Crippen molar-refractivity contribution in [3.8, 4) is 11.5 Å². The number of phenolic OH excluding ortho intramolecular Hbond substituents is 1. The van der Waals surface area contributed by atoms with Gasteiger partial charge in [0.1, 0.15) is 5.60 Å². The molecule has 2 fully saturated rings. The molecule has 2 heterocycles. The van der Waals surface area contributed by atoms with Gasteiger partial charge < -0.3 is 19.8 Å². The summed E-state index contributed by atoms with van der Waals surface area (Å²) in [6.45, 7) is 0.498. The van der Waals surface area contributed by atoms with E-state index in [-0.39, 0.29) is 23.4 Å². The highest BCUT2D eigenvalue weighted by Gasteiger charge is 2.72. The highest BCUT2D eigenvalue weighted by Crippen LogP contribution is 2.63. The summed E-state index contributed by atoms with van der Waals surface area (Å²) < 4.78 is 5.93. The Morgan fingerprint density at radius 2 is 2.12 bits per heavy atom. The van der Waals surface area contributed by atoms with Gasteiger partial charge in [-0.3, -0.25) is 9.59 Å². The molecule has 2 N–H and O–H groups in total. The molecule has 1 amide bonds. The number of benzene rings is 1. The van der Waals surface area contributed by atoms with E-state index in [0.717, 1.165) is 24.0 Å². The minimum Gasteiger partial charge on any atom is -0.504 e. The predicted octanol–water partition coefficient (Wildman–Crippen LogP) is 0.828. The van der Waals surface area contributed by atoms with Gasteiger partial charge in [0, 0.05) is 18.0 Å². The molecule has 6 heteroatoms. The molecule has 0 radical (unpaired) electrons. The summed E-state index contributed by atoms with van der Waals surface area (Å²) >= 11 is 0. The Morgan fingerprint density at radius 3 is 2.88 bits per heavy atom. The van der Waals surface area contributed by atoms with E-state index >= 15 is 0 Å². The van der Waals surface area contributed by atoms with Gasteiger partial charge in [-0.15, -0.1) is 0 Å². The number of carbonyl (C=O) groups is 2. The number of likely N-dealkylation sites (tertiary alicyclic amines) is 1. The van der Waals surface area contributed by atoms with E-state index in [1.165, 1.54) is 6.08 Å². The zero-order chi connectivity index (χ0) is 17.8. The number of rotatable bonds is 1. The second kappa shape index (κ2) is 4.31. The van der Waals surface area contributed by atoms with Crippen molar-refractivity contribution in [2.24, 2.45) is 5.92 Å². The number of hydrogen-bond acceptors (Lipinski definition) is 5. The van der Waals surface area contributed by atoms with Crippen molar-refractivity contribution in [1.29, 1.82) is 0 Å². The van der Waals surface area contributed by atoms with E-state index in [1.807, 2.05) is 11.0 Å². The molecule has 0 unspecified atom stereocenters. The minimum atomic E-state index is -1.36. The Hall–Kier alpha value is -2.34. The molecule has 1 spiro atoms. The van der Waals surface area contributed by atoms with Crippen molar-refractivity contribution in [2.75, 3.05) is 6.54 Å². The van der Waals surface area contributed by atoms with Gasteiger partial charge >= 0.3 is 0 Å². The number of amides is 1. The van der Waals surface area contributed by atoms with Crippen LogP contribution in [0.3, 0.4) is 0 Å². The maximum atomic E-state index is 12.9. The summed E-state index contributed by atoms with van der Waals surface area (Å²) in [5.41, 5.74) is -0.574. The Kier molecular flexibility index (Phi) is 2.45. The van der Waals surface area contributed by atoms with Crippen molar-refractivity contribution in [3.05, 3.63) is 35.4 Å². The van der Waals surface area contributed by atoms with Crippen LogP contribution in [-0.4, -0.2) is 51.1 Å². The van der Waals surface area contributed by atoms with E-state index in [9.17, 15) is 19.8 Å². The fourth-order valence-electron chi connectivity index (χ4n) is 5.75. The molecule has 1 saturated carbocycles. The zero-order valence-corrected chi connectivity index (χ0v) is 14.1. The van der Waals surface area contributed by atoms with Crippen molar-refractivity contribution in [1.82, 2.24) is 4.90 Å². The number of nitrogens with zero attached hydrogens (tertiary/aromatic N) is 1. The van der Waals surface area contributed by atoms with Crippen LogP contribution < -0.4 is 4.74 Å². The molecule has 1 aromatic rings. The molecule has 5 aliphatic rings. The largest absolute Gasteiger partial charge is 0.504 e. The van der Waals surface area contributed by atoms with Crippen molar-refractivity contribution in [2.45, 2.75) is 48.8 Å². The predicted molar refractivity (Wildman–Crippen MR) is 89.8 cm³/mol. The summed E-state index contributed by atoms with van der Waals surface area (Å²) in [4.78, 5) is 27.3. The Balaban J connectivity index is 1.62. The van der Waals surface area contributed by atoms with E-state index in [4.69, 9.17) is 4.74 Å². The lowest BCUT2D eigenvalue weighted by molar-refractivity contribution is -0.167. The van der Waals surface area contributed by atoms with Crippen LogP contribution in [0.4, 0.5) is 0 Å². The first kappa shape index (κ1) is 14.8. The average Bonchev–Trinajstić information content (AvgIpc) is 3.39. The number of aliphatic hydroxyl groups is 1. The first-order valence-electron chi connectivity index (χ1n) is 9.25. The van der Waals surface area contributed by atoms with Gasteiger partial charge in [0.25, 0.3) is 0 Å². The molecule has 1 saturated heterocycles. The van der Waals surface area contributed by atoms with E-state index in [1.54, 1.807) is 12.1 Å². The van der Waals surface area contributed by atoms with Crippen LogP contribution in [0.2, 0.25) is 0 Å². The van der Waals surface area contributed by atoms with Gasteiger partial charge in [-0.25, -0.2) is 0 Å². The molecule has 134 valence electrons. The molecule has 0 aromatic heterocycles. The Labute approximate surface area is 150 Å². The van der Waals surface area contributed by atoms with E-state index < -0.39 is 23.2 Å². The third-order valence-electron chi connectivity index (χ3n) is 7.08. The van der Waals surface area contributed by atoms with Crippen LogP contribution in [0.5, 0.6) is 11.5 Å². The molecule has 4 atom stereocenters. The van der Waals surface area contributed by atoms with Crippen LogP contribution in [0.25, 0.3) is 0 Å². The quantitative estimate of drug-likeness (QED) is 0.781. The normalized spacial score (nSPS) is 38.8. The number of aromatic hydroxyl groups is 1. The second-order valence-electron chi connectivity index (χ2n) is 8.25. The Bertz CT molecular complexity index is 919. The molecule has 1 aromatic carbocycles. The minimum absolute atomic E-state index is 0.00221. The fraction of sp³-hybridized carbons (Fsp3) is 0.500. The van der Waals surface area contributed by atoms with Gasteiger partial charge in [0.15, 0.2) is 23.4 Å². The maximum absolute atomic E-state index is 12.9. The monoisotopic (exact) mass is 353 g/mol. The summed E-state index contributed by atoms with van der Waals surface area (Å²) in [6, 6.07) is 3.00. The lowest BCUT2D eigenvalue weighted by atomic mass is 9.51. The highest BCUT2D eigenvalue weighted by atomic mass is 16.5. The van der Waals surface area contributed by atoms with Gasteiger partial charge in [-0.05, 0) is 49.5 Å². The third-order valence-corrected chi connectivity index (χ3v) is 7.08. The van der Waals surface area contributed by atoms with Gasteiger partial charge in [-0.2, -0.15) is 0 Å². The summed E-state index contributed by atoms with van der Waals surface area (Å²) in [7, 11) is 0. The number of phenols is 1. The lowest BCUT2D eigenvalue weighted by Crippen LogP contribution is -2.75. The van der Waals surface area contributed by atoms with Crippen molar-refractivity contribution in [3.63, 3.8) is 0 Å². The smallest absolute Gasteiger partial charge is 0.226 e. The molecule has 2 bridgehead atoms. The Morgan fingerprint density at radius 1 is 1.31 bits per heavy atom. The van der Waals surface area contributed by atoms with E-state index in [2.05, 4.69) is 0 Å². The van der Waals surface area contributed by atoms with Crippen LogP contribution in [0.15, 0.2) is 24.3 Å². The van der Waals surface area contributed by atoms with Crippen LogP contribution >= 0.6 is 0 Å². The fourth-order valence-corrected chi connectivity index (χ4v) is 5.75. The third kappa shape index (κ3) is 1.42. The van der Waals surface area contributed by atoms with E-state index in [0.29, 0.717) is 25.1 Å². The summed E-state index contributed by atoms with van der Waals surface area (Å²) in [5, 5.41) is 22.1. The lowest BCUT2D eigenvalue weighted by Gasteiger charge is -2.60. The number of piperidine rings is 1. The molecule has 6 nitrogen and oxygen atoms in total. The molecular weight excluding hydrogens is 334 g/mol. The van der Waals surface area contributed by atoms with Crippen LogP contribution in [0.1, 0.15) is 30.4 Å². The molecular formula is C20H19NO5. The summed E-state index contributed by atoms with van der Waals surface area (Å²) in [5.74, 6) is 0.315. The number of ketones is 1. The topological polar surface area (TPSA) is 87.1 Å². The standard InChI is InChI=1S/C20H19NO5/c22-12-4-3-11-9-14-20(25)6-5-13(23)17-19(20,15(11)16(12)26-17)7-8-21(14)18(24)10-1-2-10/h3-6,10,14,17,22,25H,1-2,7-9H2/t14-,17+,19+,20-/m1/s1. The first-order valence-corrected chi connectivity index (χ1v) is 9.25. The highest BCUT2D eigenvalue weighted by molar-refractivity contribution is 5.99. The van der Waals surface area contributed by atoms with Gasteiger partial charge in [0.2, 0.25) is 5.91 Å². The molecule has 6 rings (SSSR count). The summed E-state index contributed by atoms with van der Waals surface area (Å²) in [6.07, 6.45) is 4.89. The second-order valence-corrected chi connectivity index (χ2v) is 8.25. The van der Waals surface area contributed by atoms with Crippen LogP contribution in [0, 0.1) is 5.92 Å². The van der Waals surface area contributed by atoms with Gasteiger partial charge in [-0.1, -0.05) is 6.07 Å². The molecule has 3 aliphatic carbocycles. The van der Waals surface area contributed by atoms with Gasteiger partial charge in [0.05, 0.1) is 11.5 Å². The zero-order valence-electron chi connectivity index (χ0n) is 14.1. The van der Waals surface area contributed by atoms with Crippen molar-refractivity contribution >= 4 is 11.7 Å². The average molecular weight is 353 g/mol. The van der Waals surface area contributed by atoms with Crippen LogP contribution in [-0.2, 0) is 21.4 Å². The SMILES string of the molecule is O=C1C=C[C@@]2(O)[C@H]3Cc4ccc(O)c5c4[C@@]2(CCN3C(=O)C2CC2)[C@H]1O5. The first-order chi connectivity index (χ1) is 12.5. The number of carbonyl (C=O) groups excluding carboxylic acids is 2. The molecule has 2 aliphatic heterocycles.